The van der Waals surface area contributed by atoms with Crippen molar-refractivity contribution in [1.29, 1.82) is 0 Å². The monoisotopic (exact) mass is 741 g/mol. The first-order valence-corrected chi connectivity index (χ1v) is 17.3. The number of benzene rings is 4. The molecule has 6 heteroatoms. The third-order valence-corrected chi connectivity index (χ3v) is 11.5. The molecule has 0 saturated carbocycles. The molecule has 0 saturated heterocycles. The van der Waals surface area contributed by atoms with Gasteiger partial charge in [0, 0.05) is 31.5 Å². The minimum Gasteiger partial charge on any atom is -0.481 e. The van der Waals surface area contributed by atoms with Gasteiger partial charge >= 0.3 is 20.4 Å². The summed E-state index contributed by atoms with van der Waals surface area (Å²) in [5.74, 6) is -0.833. The molecular weight excluding hydrogens is 690 g/mol. The average molecular weight is 742 g/mol. The molecule has 4 aromatic rings. The summed E-state index contributed by atoms with van der Waals surface area (Å²) >= 11 is 0. The predicted octanol–water partition coefficient (Wildman–Crippen LogP) is 9.68. The van der Waals surface area contributed by atoms with Gasteiger partial charge in [-0.1, -0.05) is 65.7 Å². The summed E-state index contributed by atoms with van der Waals surface area (Å²) in [4.78, 5) is 13.5. The van der Waals surface area contributed by atoms with E-state index in [2.05, 4.69) is 178 Å². The molecule has 0 aliphatic carbocycles. The zero-order chi connectivity index (χ0) is 34.3. The van der Waals surface area contributed by atoms with Crippen LogP contribution in [-0.2, 0) is 25.2 Å². The quantitative estimate of drug-likeness (QED) is 0.129. The van der Waals surface area contributed by atoms with Crippen molar-refractivity contribution in [2.45, 2.75) is 81.3 Å². The molecule has 1 aliphatic rings. The number of nitrogens with zero attached hydrogens (tertiary/aromatic N) is 2. The Bertz CT molecular complexity index is 1550. The van der Waals surface area contributed by atoms with Crippen LogP contribution in [0, 0.1) is 62.1 Å². The second-order valence-corrected chi connectivity index (χ2v) is 16.7. The zero-order valence-electron chi connectivity index (χ0n) is 29.9. The first-order chi connectivity index (χ1) is 21.5. The van der Waals surface area contributed by atoms with E-state index in [0.29, 0.717) is 0 Å². The van der Waals surface area contributed by atoms with Gasteiger partial charge in [-0.3, -0.25) is 4.79 Å². The van der Waals surface area contributed by atoms with Gasteiger partial charge in [0.2, 0.25) is 0 Å². The number of aliphatic carboxylic acids is 1. The molecule has 0 spiro atoms. The average Bonchev–Trinajstić information content (AvgIpc) is 3.38. The number of rotatable bonds is 4. The van der Waals surface area contributed by atoms with E-state index in [0.717, 1.165) is 6.92 Å². The molecule has 0 bridgehead atoms. The minimum absolute atomic E-state index is 0. The second-order valence-electron chi connectivity index (χ2n) is 13.3. The van der Waals surface area contributed by atoms with Gasteiger partial charge in [-0.15, -0.1) is 12.7 Å². The number of anilines is 2. The number of carbonyl (C=O) groups is 1. The van der Waals surface area contributed by atoms with Gasteiger partial charge in [0.25, 0.3) is 5.97 Å². The van der Waals surface area contributed by atoms with Crippen LogP contribution in [0.15, 0.2) is 85.2 Å². The van der Waals surface area contributed by atoms with Crippen LogP contribution in [0.1, 0.15) is 72.2 Å². The van der Waals surface area contributed by atoms with Crippen LogP contribution in [0.3, 0.4) is 0 Å². The maximum atomic E-state index is 9.00. The molecule has 47 heavy (non-hydrogen) atoms. The summed E-state index contributed by atoms with van der Waals surface area (Å²) in [5.41, 5.74) is 13.0. The normalized spacial score (nSPS) is 12.7. The molecule has 4 aromatic carbocycles. The Kier molecular flexibility index (Phi) is 14.5. The zero-order valence-corrected chi connectivity index (χ0v) is 32.5. The maximum absolute atomic E-state index is 9.00. The Morgan fingerprint density at radius 2 is 1.04 bits per heavy atom. The van der Waals surface area contributed by atoms with Crippen molar-refractivity contribution in [3.63, 3.8) is 0 Å². The molecule has 1 N–H and O–H groups in total. The van der Waals surface area contributed by atoms with E-state index in [-0.39, 0.29) is 25.6 Å². The summed E-state index contributed by atoms with van der Waals surface area (Å²) in [5, 5.41) is 10.6. The van der Waals surface area contributed by atoms with Crippen molar-refractivity contribution in [3.8, 4) is 0 Å². The van der Waals surface area contributed by atoms with E-state index < -0.39 is 13.9 Å². The number of hydrogen-bond acceptors (Lipinski definition) is 3. The van der Waals surface area contributed by atoms with Crippen LogP contribution in [0.25, 0.3) is 0 Å². The Morgan fingerprint density at radius 3 is 1.40 bits per heavy atom. The van der Waals surface area contributed by atoms with Crippen LogP contribution in [0.4, 0.5) is 11.4 Å². The fraction of sp³-hybridized carbons (Fsp3) is 0.293. The van der Waals surface area contributed by atoms with Crippen LogP contribution >= 0.6 is 7.92 Å². The van der Waals surface area contributed by atoms with Crippen molar-refractivity contribution in [2.24, 2.45) is 0 Å². The van der Waals surface area contributed by atoms with Gasteiger partial charge < -0.3 is 14.9 Å². The van der Waals surface area contributed by atoms with Crippen molar-refractivity contribution < 1.29 is 30.3 Å². The van der Waals surface area contributed by atoms with Crippen LogP contribution in [0.2, 0.25) is 0 Å². The predicted molar refractivity (Wildman–Crippen MR) is 202 cm³/mol. The molecule has 0 aromatic heterocycles. The van der Waals surface area contributed by atoms with Gasteiger partial charge in [-0.25, -0.2) is 0 Å². The van der Waals surface area contributed by atoms with E-state index >= 15 is 0 Å². The summed E-state index contributed by atoms with van der Waals surface area (Å²) in [7, 11) is -0.838. The van der Waals surface area contributed by atoms with Crippen LogP contribution in [0.5, 0.6) is 0 Å². The van der Waals surface area contributed by atoms with E-state index in [1.165, 1.54) is 66.5 Å². The van der Waals surface area contributed by atoms with Crippen molar-refractivity contribution in [1.82, 2.24) is 0 Å². The smallest absolute Gasteiger partial charge is 0.481 e. The van der Waals surface area contributed by atoms with Gasteiger partial charge in [0.05, 0.1) is 10.5 Å². The van der Waals surface area contributed by atoms with Gasteiger partial charge in [0.1, 0.15) is 0 Å². The van der Waals surface area contributed by atoms with E-state index in [1.54, 1.807) is 0 Å². The van der Waals surface area contributed by atoms with E-state index in [4.69, 9.17) is 9.90 Å². The molecular formula is C41H52N2O2PPd+. The first kappa shape index (κ1) is 39.8. The number of hydrogen-bond donors (Lipinski definition) is 1. The SMILES string of the molecule is CC(=O)O.Cc1cc(C)c(N2C=CN(c3c(C)cc(C)cc3C)[CH-]2)c(C)c1.[CH2-]c1ccccc1[PH+](c1ccccc1C)C(C)(C)C.[Pd+2]. The molecule has 0 amide bonds. The minimum atomic E-state index is -0.838. The van der Waals surface area contributed by atoms with Gasteiger partial charge in [-0.05, 0) is 116 Å². The largest absolute Gasteiger partial charge is 2.00 e. The van der Waals surface area contributed by atoms with Crippen LogP contribution in [-0.4, -0.2) is 16.2 Å². The Morgan fingerprint density at radius 1 is 0.681 bits per heavy atom. The summed E-state index contributed by atoms with van der Waals surface area (Å²) in [6.07, 6.45) is 4.28. The summed E-state index contributed by atoms with van der Waals surface area (Å²) in [6, 6.07) is 26.4. The molecule has 1 unspecified atom stereocenters. The molecule has 1 heterocycles. The molecule has 0 radical (unpaired) electrons. The topological polar surface area (TPSA) is 43.8 Å². The third-order valence-electron chi connectivity index (χ3n) is 7.87. The number of carboxylic acids is 1. The second kappa shape index (κ2) is 17.2. The molecule has 4 nitrogen and oxygen atoms in total. The van der Waals surface area contributed by atoms with E-state index in [9.17, 15) is 0 Å². The Balaban J connectivity index is 0.000000292. The maximum Gasteiger partial charge on any atom is 2.00 e. The Labute approximate surface area is 299 Å². The van der Waals surface area contributed by atoms with E-state index in [1.807, 2.05) is 0 Å². The summed E-state index contributed by atoms with van der Waals surface area (Å²) < 4.78 is 0. The first-order valence-electron chi connectivity index (χ1n) is 15.8. The van der Waals surface area contributed by atoms with Crippen molar-refractivity contribution >= 4 is 35.9 Å². The fourth-order valence-corrected chi connectivity index (χ4v) is 9.66. The fourth-order valence-electron chi connectivity index (χ4n) is 6.35. The number of aryl methyl sites for hydroxylation is 7. The van der Waals surface area contributed by atoms with Crippen molar-refractivity contribution in [2.75, 3.05) is 9.80 Å². The summed E-state index contributed by atoms with van der Waals surface area (Å²) in [6.45, 7) is 29.8. The molecule has 1 aliphatic heterocycles. The molecule has 252 valence electrons. The van der Waals surface area contributed by atoms with Gasteiger partial charge in [0.15, 0.2) is 0 Å². The molecule has 1 atom stereocenters. The van der Waals surface area contributed by atoms with Crippen LogP contribution < -0.4 is 20.4 Å². The number of carboxylic acid groups (broad SMARTS) is 1. The standard InChI is InChI=1S/C21H25N2.C18H22P.C2H4O2.Pd/c1-14-9-16(3)20(17(4)10-14)22-7-8-23(13-22)21-18(5)11-15(2)12-19(21)6;1-14-10-6-8-12-16(14)19(18(3,4)5)17-13-9-7-11-15(17)2;1-2(3)4;/h7-13H,1-6H3;6-13H,1H2,2-5H3;1H3,(H,3,4);/q2*-1;;+2/p+1. The third kappa shape index (κ3) is 10.6. The Hall–Kier alpha value is -3.35. The van der Waals surface area contributed by atoms with Crippen molar-refractivity contribution in [3.05, 3.63) is 143 Å². The molecule has 0 fully saturated rings. The van der Waals surface area contributed by atoms with Gasteiger partial charge in [-0.2, -0.15) is 18.6 Å². The molecule has 5 rings (SSSR count).